The van der Waals surface area contributed by atoms with E-state index in [0.717, 1.165) is 23.0 Å². The van der Waals surface area contributed by atoms with Crippen molar-refractivity contribution in [2.45, 2.75) is 12.5 Å². The molecule has 2 aliphatic rings. The monoisotopic (exact) mass is 443 g/mol. The van der Waals surface area contributed by atoms with Gasteiger partial charge < -0.3 is 10.1 Å². The van der Waals surface area contributed by atoms with Crippen LogP contribution in [-0.4, -0.2) is 63.7 Å². The van der Waals surface area contributed by atoms with Crippen LogP contribution >= 0.6 is 0 Å². The van der Waals surface area contributed by atoms with Gasteiger partial charge in [-0.15, -0.1) is 0 Å². The number of nitrogens with one attached hydrogen (secondary N) is 1. The first-order chi connectivity index (χ1) is 15.0. The summed E-state index contributed by atoms with van der Waals surface area (Å²) in [6, 6.07) is 16.1. The third-order valence-corrected chi connectivity index (χ3v) is 7.26. The third-order valence-electron chi connectivity index (χ3n) is 5.57. The van der Waals surface area contributed by atoms with E-state index in [1.807, 2.05) is 18.2 Å². The quantitative estimate of drug-likeness (QED) is 0.728. The number of ether oxygens (including phenoxy) is 1. The molecule has 0 aliphatic carbocycles. The van der Waals surface area contributed by atoms with Crippen molar-refractivity contribution < 1.29 is 22.7 Å². The van der Waals surface area contributed by atoms with Gasteiger partial charge in [0, 0.05) is 31.6 Å². The predicted molar refractivity (Wildman–Crippen MR) is 116 cm³/mol. The second-order valence-corrected chi connectivity index (χ2v) is 9.49. The normalized spacial score (nSPS) is 19.9. The fourth-order valence-corrected chi connectivity index (χ4v) is 5.39. The Bertz CT molecular complexity index is 1030. The molecule has 2 amide bonds. The van der Waals surface area contributed by atoms with E-state index >= 15 is 0 Å². The average molecular weight is 444 g/mol. The second-order valence-electron chi connectivity index (χ2n) is 7.56. The average Bonchev–Trinajstić information content (AvgIpc) is 3.07. The zero-order chi connectivity index (χ0) is 21.8. The standard InChI is InChI=1S/C22H25N3O5S/c26-21-10-15-31(28,29)25(21)19-8-6-18(7-9-19)22(27)23-16-20(17-4-2-1-3-5-17)24-11-13-30-14-12-24/h1-9,20H,10-16H2,(H,23,27). The Labute approximate surface area is 181 Å². The van der Waals surface area contributed by atoms with Crippen LogP contribution in [0.3, 0.4) is 0 Å². The first kappa shape index (κ1) is 21.5. The molecule has 4 rings (SSSR count). The molecule has 1 atom stereocenters. The fourth-order valence-electron chi connectivity index (χ4n) is 3.93. The summed E-state index contributed by atoms with van der Waals surface area (Å²) in [6.07, 6.45) is -0.0208. The highest BCUT2D eigenvalue weighted by Crippen LogP contribution is 2.25. The van der Waals surface area contributed by atoms with E-state index in [4.69, 9.17) is 4.74 Å². The van der Waals surface area contributed by atoms with Gasteiger partial charge in [-0.1, -0.05) is 30.3 Å². The Hall–Kier alpha value is -2.75. The molecule has 2 heterocycles. The van der Waals surface area contributed by atoms with Gasteiger partial charge in [0.25, 0.3) is 5.91 Å². The lowest BCUT2D eigenvalue weighted by Crippen LogP contribution is -2.43. The van der Waals surface area contributed by atoms with Crippen LogP contribution in [0.1, 0.15) is 28.4 Å². The second kappa shape index (κ2) is 9.17. The van der Waals surface area contributed by atoms with Crippen LogP contribution in [0.25, 0.3) is 0 Å². The van der Waals surface area contributed by atoms with E-state index in [9.17, 15) is 18.0 Å². The molecule has 2 aromatic rings. The van der Waals surface area contributed by atoms with Crippen molar-refractivity contribution in [1.29, 1.82) is 0 Å². The molecule has 0 radical (unpaired) electrons. The van der Waals surface area contributed by atoms with Crippen LogP contribution in [0, 0.1) is 0 Å². The highest BCUT2D eigenvalue weighted by atomic mass is 32.2. The minimum atomic E-state index is -3.62. The molecule has 2 aliphatic heterocycles. The summed E-state index contributed by atoms with van der Waals surface area (Å²) in [5.74, 6) is -0.888. The number of morpholine rings is 1. The van der Waals surface area contributed by atoms with Crippen molar-refractivity contribution in [2.75, 3.05) is 42.9 Å². The summed E-state index contributed by atoms with van der Waals surface area (Å²) in [4.78, 5) is 27.0. The number of benzene rings is 2. The van der Waals surface area contributed by atoms with Crippen LogP contribution in [0.4, 0.5) is 5.69 Å². The fraction of sp³-hybridized carbons (Fsp3) is 0.364. The molecule has 31 heavy (non-hydrogen) atoms. The number of hydrogen-bond donors (Lipinski definition) is 1. The molecule has 0 aromatic heterocycles. The Balaban J connectivity index is 1.45. The van der Waals surface area contributed by atoms with E-state index < -0.39 is 15.9 Å². The zero-order valence-electron chi connectivity index (χ0n) is 17.1. The number of sulfonamides is 1. The van der Waals surface area contributed by atoms with Crippen LogP contribution < -0.4 is 9.62 Å². The summed E-state index contributed by atoms with van der Waals surface area (Å²) < 4.78 is 30.4. The topological polar surface area (TPSA) is 96.0 Å². The maximum atomic E-state index is 12.7. The minimum absolute atomic E-state index is 0.0208. The van der Waals surface area contributed by atoms with E-state index in [1.165, 1.54) is 24.3 Å². The molecule has 2 aromatic carbocycles. The maximum absolute atomic E-state index is 12.7. The smallest absolute Gasteiger partial charge is 0.251 e. The van der Waals surface area contributed by atoms with Gasteiger partial charge in [-0.05, 0) is 29.8 Å². The number of anilines is 1. The summed E-state index contributed by atoms with van der Waals surface area (Å²) in [6.45, 7) is 3.35. The summed E-state index contributed by atoms with van der Waals surface area (Å²) in [7, 11) is -3.62. The molecule has 1 unspecified atom stereocenters. The van der Waals surface area contributed by atoms with Gasteiger partial charge in [-0.3, -0.25) is 14.5 Å². The zero-order valence-corrected chi connectivity index (χ0v) is 17.9. The van der Waals surface area contributed by atoms with E-state index in [1.54, 1.807) is 0 Å². The number of amides is 2. The molecule has 2 fully saturated rings. The Kier molecular flexibility index (Phi) is 6.35. The molecular weight excluding hydrogens is 418 g/mol. The molecule has 1 N–H and O–H groups in total. The molecule has 0 saturated carbocycles. The summed E-state index contributed by atoms with van der Waals surface area (Å²) >= 11 is 0. The number of carbonyl (C=O) groups is 2. The van der Waals surface area contributed by atoms with Crippen molar-refractivity contribution in [3.8, 4) is 0 Å². The molecule has 0 spiro atoms. The highest BCUT2D eigenvalue weighted by molar-refractivity contribution is 7.94. The lowest BCUT2D eigenvalue weighted by Gasteiger charge is -2.35. The SMILES string of the molecule is O=C(NCC(c1ccccc1)N1CCOCC1)c1ccc(N2C(=O)CCS2(=O)=O)cc1. The molecule has 164 valence electrons. The van der Waals surface area contributed by atoms with Crippen LogP contribution in [-0.2, 0) is 19.6 Å². The van der Waals surface area contributed by atoms with E-state index in [-0.39, 0.29) is 29.8 Å². The van der Waals surface area contributed by atoms with Gasteiger partial charge >= 0.3 is 0 Å². The van der Waals surface area contributed by atoms with Crippen LogP contribution in [0.5, 0.6) is 0 Å². The third kappa shape index (κ3) is 4.79. The van der Waals surface area contributed by atoms with Crippen LogP contribution in [0.15, 0.2) is 54.6 Å². The Morgan fingerprint density at radius 3 is 2.32 bits per heavy atom. The Morgan fingerprint density at radius 2 is 1.71 bits per heavy atom. The lowest BCUT2D eigenvalue weighted by molar-refractivity contribution is -0.116. The Morgan fingerprint density at radius 1 is 1.03 bits per heavy atom. The molecule has 9 heteroatoms. The predicted octanol–water partition coefficient (Wildman–Crippen LogP) is 1.56. The minimum Gasteiger partial charge on any atom is -0.379 e. The number of rotatable bonds is 6. The number of carbonyl (C=O) groups excluding carboxylic acids is 2. The van der Waals surface area contributed by atoms with Gasteiger partial charge in [0.2, 0.25) is 15.9 Å². The lowest BCUT2D eigenvalue weighted by atomic mass is 10.0. The highest BCUT2D eigenvalue weighted by Gasteiger charge is 2.36. The number of nitrogens with zero attached hydrogens (tertiary/aromatic N) is 2. The van der Waals surface area contributed by atoms with Crippen molar-refractivity contribution in [3.63, 3.8) is 0 Å². The number of hydrogen-bond acceptors (Lipinski definition) is 6. The van der Waals surface area contributed by atoms with Crippen molar-refractivity contribution >= 4 is 27.5 Å². The summed E-state index contributed by atoms with van der Waals surface area (Å²) in [5.41, 5.74) is 1.79. The summed E-state index contributed by atoms with van der Waals surface area (Å²) in [5, 5.41) is 2.99. The largest absolute Gasteiger partial charge is 0.379 e. The van der Waals surface area contributed by atoms with Crippen LogP contribution in [0.2, 0.25) is 0 Å². The molecule has 2 saturated heterocycles. The van der Waals surface area contributed by atoms with Crippen molar-refractivity contribution in [3.05, 3.63) is 65.7 Å². The maximum Gasteiger partial charge on any atom is 0.251 e. The van der Waals surface area contributed by atoms with Gasteiger partial charge in [-0.25, -0.2) is 12.7 Å². The first-order valence-electron chi connectivity index (χ1n) is 10.3. The first-order valence-corrected chi connectivity index (χ1v) is 11.9. The van der Waals surface area contributed by atoms with Gasteiger partial charge in [0.05, 0.1) is 30.7 Å². The van der Waals surface area contributed by atoms with Gasteiger partial charge in [0.15, 0.2) is 0 Å². The van der Waals surface area contributed by atoms with E-state index in [0.29, 0.717) is 25.3 Å². The van der Waals surface area contributed by atoms with Gasteiger partial charge in [-0.2, -0.15) is 0 Å². The van der Waals surface area contributed by atoms with Crippen molar-refractivity contribution in [2.24, 2.45) is 0 Å². The van der Waals surface area contributed by atoms with E-state index in [2.05, 4.69) is 22.3 Å². The van der Waals surface area contributed by atoms with Crippen molar-refractivity contribution in [1.82, 2.24) is 10.2 Å². The molecular formula is C22H25N3O5S. The molecule has 8 nitrogen and oxygen atoms in total. The molecule has 0 bridgehead atoms. The van der Waals surface area contributed by atoms with Gasteiger partial charge in [0.1, 0.15) is 0 Å².